The summed E-state index contributed by atoms with van der Waals surface area (Å²) in [7, 11) is -0.535. The maximum Gasteiger partial charge on any atom is 0.248 e. The number of nitrogens with one attached hydrogen (secondary N) is 1. The van der Waals surface area contributed by atoms with Gasteiger partial charge in [-0.15, -0.1) is 0 Å². The molecule has 0 saturated carbocycles. The van der Waals surface area contributed by atoms with Gasteiger partial charge in [0.2, 0.25) is 15.9 Å². The van der Waals surface area contributed by atoms with Gasteiger partial charge in [0.1, 0.15) is 11.5 Å². The number of hydrogen-bond acceptors (Lipinski definition) is 5. The molecule has 1 amide bonds. The minimum atomic E-state index is -3.59. The van der Waals surface area contributed by atoms with Crippen LogP contribution in [0.2, 0.25) is 0 Å². The molecule has 1 heterocycles. The van der Waals surface area contributed by atoms with E-state index >= 15 is 0 Å². The molecule has 1 aliphatic heterocycles. The minimum Gasteiger partial charge on any atom is -0.497 e. The van der Waals surface area contributed by atoms with Crippen molar-refractivity contribution in [3.05, 3.63) is 54.1 Å². The topological polar surface area (TPSA) is 84.9 Å². The molecular weight excluding hydrogens is 392 g/mol. The van der Waals surface area contributed by atoms with Gasteiger partial charge in [0.25, 0.3) is 0 Å². The second-order valence-corrected chi connectivity index (χ2v) is 8.51. The largest absolute Gasteiger partial charge is 0.497 e. The van der Waals surface area contributed by atoms with E-state index in [4.69, 9.17) is 9.47 Å². The van der Waals surface area contributed by atoms with E-state index in [-0.39, 0.29) is 4.90 Å². The third kappa shape index (κ3) is 4.96. The van der Waals surface area contributed by atoms with E-state index in [1.807, 2.05) is 12.1 Å². The van der Waals surface area contributed by atoms with Crippen LogP contribution in [0, 0.1) is 0 Å². The van der Waals surface area contributed by atoms with Gasteiger partial charge in [0, 0.05) is 19.2 Å². The summed E-state index contributed by atoms with van der Waals surface area (Å²) in [6.45, 7) is 1.03. The van der Waals surface area contributed by atoms with Crippen LogP contribution in [0.25, 0.3) is 6.08 Å². The lowest BCUT2D eigenvalue weighted by molar-refractivity contribution is -0.111. The summed E-state index contributed by atoms with van der Waals surface area (Å²) in [6, 6.07) is 11.7. The Kier molecular flexibility index (Phi) is 6.56. The number of benzene rings is 2. The van der Waals surface area contributed by atoms with E-state index in [2.05, 4.69) is 5.32 Å². The van der Waals surface area contributed by atoms with Gasteiger partial charge >= 0.3 is 0 Å². The van der Waals surface area contributed by atoms with Crippen molar-refractivity contribution < 1.29 is 22.7 Å². The maximum atomic E-state index is 12.8. The zero-order valence-corrected chi connectivity index (χ0v) is 17.2. The predicted octanol–water partition coefficient (Wildman–Crippen LogP) is 3.14. The third-order valence-corrected chi connectivity index (χ3v) is 6.57. The number of rotatable bonds is 7. The Balaban J connectivity index is 1.77. The van der Waals surface area contributed by atoms with Gasteiger partial charge in [-0.2, -0.15) is 4.31 Å². The van der Waals surface area contributed by atoms with Gasteiger partial charge in [-0.25, -0.2) is 8.42 Å². The molecule has 3 rings (SSSR count). The molecule has 154 valence electrons. The van der Waals surface area contributed by atoms with E-state index in [0.717, 1.165) is 24.2 Å². The highest BCUT2D eigenvalue weighted by molar-refractivity contribution is 7.89. The van der Waals surface area contributed by atoms with Crippen molar-refractivity contribution in [2.75, 3.05) is 32.6 Å². The van der Waals surface area contributed by atoms with Crippen molar-refractivity contribution in [1.82, 2.24) is 4.31 Å². The Bertz CT molecular complexity index is 994. The smallest absolute Gasteiger partial charge is 0.248 e. The summed E-state index contributed by atoms with van der Waals surface area (Å²) in [4.78, 5) is 12.5. The van der Waals surface area contributed by atoms with E-state index in [0.29, 0.717) is 24.5 Å². The summed E-state index contributed by atoms with van der Waals surface area (Å²) < 4.78 is 37.4. The molecule has 0 aliphatic carbocycles. The fourth-order valence-corrected chi connectivity index (χ4v) is 4.63. The van der Waals surface area contributed by atoms with Gasteiger partial charge in [0.05, 0.1) is 24.8 Å². The number of carbonyl (C=O) groups excluding carboxylic acids is 1. The second kappa shape index (κ2) is 9.11. The molecule has 2 aromatic carbocycles. The summed E-state index contributed by atoms with van der Waals surface area (Å²) >= 11 is 0. The molecular formula is C21H24N2O5S. The number of anilines is 1. The summed E-state index contributed by atoms with van der Waals surface area (Å²) in [5, 5.41) is 2.70. The van der Waals surface area contributed by atoms with E-state index in [1.54, 1.807) is 31.4 Å². The Morgan fingerprint density at radius 3 is 2.34 bits per heavy atom. The predicted molar refractivity (Wildman–Crippen MR) is 112 cm³/mol. The Labute approximate surface area is 171 Å². The number of amides is 1. The van der Waals surface area contributed by atoms with Crippen LogP contribution in [0.1, 0.15) is 18.4 Å². The van der Waals surface area contributed by atoms with Crippen LogP contribution >= 0.6 is 0 Å². The Hall–Kier alpha value is -2.84. The second-order valence-electron chi connectivity index (χ2n) is 6.57. The first-order chi connectivity index (χ1) is 13.9. The molecule has 0 radical (unpaired) electrons. The molecule has 1 N–H and O–H groups in total. The average molecular weight is 416 g/mol. The summed E-state index contributed by atoms with van der Waals surface area (Å²) in [5.41, 5.74) is 1.13. The van der Waals surface area contributed by atoms with Gasteiger partial charge in [-0.3, -0.25) is 4.79 Å². The zero-order chi connectivity index (χ0) is 20.9. The number of sulfonamides is 1. The molecule has 0 atom stereocenters. The molecule has 1 aliphatic rings. The minimum absolute atomic E-state index is 0.134. The Morgan fingerprint density at radius 2 is 1.72 bits per heavy atom. The maximum absolute atomic E-state index is 12.8. The van der Waals surface area contributed by atoms with Crippen molar-refractivity contribution in [1.29, 1.82) is 0 Å². The van der Waals surface area contributed by atoms with Crippen LogP contribution in [0.5, 0.6) is 11.5 Å². The molecule has 8 heteroatoms. The van der Waals surface area contributed by atoms with Crippen molar-refractivity contribution in [2.45, 2.75) is 17.7 Å². The normalized spacial score (nSPS) is 14.8. The first-order valence-corrected chi connectivity index (χ1v) is 10.7. The standard InChI is InChI=1S/C21H24N2O5S/c1-27-17-8-5-16(6-9-17)7-12-21(24)22-19-15-18(10-11-20(19)28-2)29(25,26)23-13-3-4-14-23/h5-12,15H,3-4,13-14H2,1-2H3,(H,22,24)/b12-7+. The number of methoxy groups -OCH3 is 2. The number of nitrogens with zero attached hydrogens (tertiary/aromatic N) is 1. The highest BCUT2D eigenvalue weighted by Gasteiger charge is 2.28. The molecule has 0 unspecified atom stereocenters. The number of ether oxygens (including phenoxy) is 2. The van der Waals surface area contributed by atoms with Crippen molar-refractivity contribution in [3.63, 3.8) is 0 Å². The van der Waals surface area contributed by atoms with Gasteiger partial charge in [-0.05, 0) is 54.8 Å². The Morgan fingerprint density at radius 1 is 1.03 bits per heavy atom. The van der Waals surface area contributed by atoms with Crippen LogP contribution < -0.4 is 14.8 Å². The highest BCUT2D eigenvalue weighted by Crippen LogP contribution is 2.30. The number of carbonyl (C=O) groups is 1. The van der Waals surface area contributed by atoms with Crippen LogP contribution in [0.15, 0.2) is 53.4 Å². The fourth-order valence-electron chi connectivity index (χ4n) is 3.08. The van der Waals surface area contributed by atoms with Gasteiger partial charge in [0.15, 0.2) is 0 Å². The molecule has 0 spiro atoms. The molecule has 1 fully saturated rings. The lowest BCUT2D eigenvalue weighted by Gasteiger charge is -2.17. The lowest BCUT2D eigenvalue weighted by Crippen LogP contribution is -2.28. The molecule has 1 saturated heterocycles. The molecule has 7 nitrogen and oxygen atoms in total. The number of hydrogen-bond donors (Lipinski definition) is 1. The molecule has 0 bridgehead atoms. The van der Waals surface area contributed by atoms with Crippen molar-refractivity contribution in [3.8, 4) is 11.5 Å². The van der Waals surface area contributed by atoms with Crippen LogP contribution in [-0.2, 0) is 14.8 Å². The highest BCUT2D eigenvalue weighted by atomic mass is 32.2. The molecule has 0 aromatic heterocycles. The first-order valence-electron chi connectivity index (χ1n) is 9.25. The summed E-state index contributed by atoms with van der Waals surface area (Å²) in [6.07, 6.45) is 4.75. The van der Waals surface area contributed by atoms with E-state index in [9.17, 15) is 13.2 Å². The quantitative estimate of drug-likeness (QED) is 0.701. The first kappa shape index (κ1) is 20.9. The summed E-state index contributed by atoms with van der Waals surface area (Å²) in [5.74, 6) is 0.721. The molecule has 2 aromatic rings. The van der Waals surface area contributed by atoms with Crippen LogP contribution in [-0.4, -0.2) is 45.9 Å². The zero-order valence-electron chi connectivity index (χ0n) is 16.4. The van der Waals surface area contributed by atoms with Gasteiger partial charge in [-0.1, -0.05) is 12.1 Å². The van der Waals surface area contributed by atoms with Gasteiger partial charge < -0.3 is 14.8 Å². The monoisotopic (exact) mass is 416 g/mol. The van der Waals surface area contributed by atoms with Crippen LogP contribution in [0.3, 0.4) is 0 Å². The van der Waals surface area contributed by atoms with Crippen LogP contribution in [0.4, 0.5) is 5.69 Å². The average Bonchev–Trinajstić information content (AvgIpc) is 3.28. The molecule has 29 heavy (non-hydrogen) atoms. The SMILES string of the molecule is COc1ccc(/C=C/C(=O)Nc2cc(S(=O)(=O)N3CCCC3)ccc2OC)cc1. The van der Waals surface area contributed by atoms with Crippen molar-refractivity contribution >= 4 is 27.7 Å². The van der Waals surface area contributed by atoms with E-state index in [1.165, 1.54) is 29.6 Å². The van der Waals surface area contributed by atoms with E-state index < -0.39 is 15.9 Å². The third-order valence-electron chi connectivity index (χ3n) is 4.67. The lowest BCUT2D eigenvalue weighted by atomic mass is 10.2. The van der Waals surface area contributed by atoms with Crippen molar-refractivity contribution in [2.24, 2.45) is 0 Å². The fraction of sp³-hybridized carbons (Fsp3) is 0.286.